The number of aromatic nitrogens is 2. The van der Waals surface area contributed by atoms with Crippen molar-refractivity contribution in [2.75, 3.05) is 13.1 Å². The van der Waals surface area contributed by atoms with Crippen molar-refractivity contribution < 1.29 is 9.13 Å². The van der Waals surface area contributed by atoms with Crippen LogP contribution in [-0.4, -0.2) is 23.1 Å². The molecule has 4 nitrogen and oxygen atoms in total. The number of nitrogens with zero attached hydrogens (tertiary/aromatic N) is 2. The van der Waals surface area contributed by atoms with Gasteiger partial charge in [0.05, 0.1) is 5.69 Å². The van der Waals surface area contributed by atoms with E-state index in [2.05, 4.69) is 10.3 Å². The zero-order chi connectivity index (χ0) is 15.6. The summed E-state index contributed by atoms with van der Waals surface area (Å²) in [5, 5.41) is 3.40. The van der Waals surface area contributed by atoms with Crippen molar-refractivity contribution in [1.82, 2.24) is 15.3 Å². The van der Waals surface area contributed by atoms with Crippen LogP contribution in [0.3, 0.4) is 0 Å². The SMILES string of the molecule is Fc1ccc(COc2nc(C3CC3)nc3c2CCNCC3)cc1. The monoisotopic (exact) mass is 313 g/mol. The number of benzene rings is 1. The number of fused-ring (bicyclic) bond motifs is 1. The average Bonchev–Trinajstić information content (AvgIpc) is 3.40. The Labute approximate surface area is 135 Å². The van der Waals surface area contributed by atoms with Gasteiger partial charge in [0.1, 0.15) is 18.2 Å². The van der Waals surface area contributed by atoms with Gasteiger partial charge in [0.15, 0.2) is 0 Å². The van der Waals surface area contributed by atoms with Gasteiger partial charge in [0.2, 0.25) is 5.88 Å². The summed E-state index contributed by atoms with van der Waals surface area (Å²) in [6.07, 6.45) is 4.16. The van der Waals surface area contributed by atoms with Crippen LogP contribution in [0.5, 0.6) is 5.88 Å². The van der Waals surface area contributed by atoms with Gasteiger partial charge in [-0.1, -0.05) is 12.1 Å². The molecule has 1 aromatic carbocycles. The molecule has 120 valence electrons. The third-order valence-corrected chi connectivity index (χ3v) is 4.39. The number of rotatable bonds is 4. The minimum Gasteiger partial charge on any atom is -0.473 e. The highest BCUT2D eigenvalue weighted by atomic mass is 19.1. The number of hydrogen-bond donors (Lipinski definition) is 1. The van der Waals surface area contributed by atoms with Crippen molar-refractivity contribution >= 4 is 0 Å². The van der Waals surface area contributed by atoms with Gasteiger partial charge in [0.25, 0.3) is 0 Å². The topological polar surface area (TPSA) is 47.0 Å². The molecule has 23 heavy (non-hydrogen) atoms. The van der Waals surface area contributed by atoms with Gasteiger partial charge in [-0.25, -0.2) is 9.37 Å². The lowest BCUT2D eigenvalue weighted by Gasteiger charge is -2.14. The summed E-state index contributed by atoms with van der Waals surface area (Å²) >= 11 is 0. The summed E-state index contributed by atoms with van der Waals surface area (Å²) in [6.45, 7) is 2.28. The van der Waals surface area contributed by atoms with Crippen molar-refractivity contribution in [1.29, 1.82) is 0 Å². The van der Waals surface area contributed by atoms with E-state index >= 15 is 0 Å². The van der Waals surface area contributed by atoms with E-state index in [1.165, 1.54) is 25.0 Å². The van der Waals surface area contributed by atoms with Crippen LogP contribution in [0.25, 0.3) is 0 Å². The summed E-state index contributed by atoms with van der Waals surface area (Å²) in [5.41, 5.74) is 3.20. The van der Waals surface area contributed by atoms with E-state index in [-0.39, 0.29) is 5.82 Å². The Balaban J connectivity index is 1.60. The second-order valence-corrected chi connectivity index (χ2v) is 6.25. The number of hydrogen-bond acceptors (Lipinski definition) is 4. The highest BCUT2D eigenvalue weighted by Gasteiger charge is 2.29. The maximum atomic E-state index is 13.0. The highest BCUT2D eigenvalue weighted by molar-refractivity contribution is 5.34. The van der Waals surface area contributed by atoms with Crippen molar-refractivity contribution in [3.63, 3.8) is 0 Å². The van der Waals surface area contributed by atoms with Gasteiger partial charge in [-0.05, 0) is 43.5 Å². The Morgan fingerprint density at radius 2 is 1.87 bits per heavy atom. The van der Waals surface area contributed by atoms with E-state index in [9.17, 15) is 4.39 Å². The fraction of sp³-hybridized carbons (Fsp3) is 0.444. The third-order valence-electron chi connectivity index (χ3n) is 4.39. The van der Waals surface area contributed by atoms with E-state index in [1.54, 1.807) is 12.1 Å². The Bertz CT molecular complexity index is 698. The van der Waals surface area contributed by atoms with Crippen LogP contribution < -0.4 is 10.1 Å². The molecule has 5 heteroatoms. The lowest BCUT2D eigenvalue weighted by Crippen LogP contribution is -2.16. The highest BCUT2D eigenvalue weighted by Crippen LogP contribution is 2.39. The summed E-state index contributed by atoms with van der Waals surface area (Å²) in [4.78, 5) is 9.47. The quantitative estimate of drug-likeness (QED) is 0.943. The van der Waals surface area contributed by atoms with E-state index in [4.69, 9.17) is 9.72 Å². The molecule has 1 N–H and O–H groups in total. The Hall–Kier alpha value is -2.01. The van der Waals surface area contributed by atoms with Crippen LogP contribution in [0, 0.1) is 5.82 Å². The van der Waals surface area contributed by atoms with Crippen molar-refractivity contribution in [2.24, 2.45) is 0 Å². The third kappa shape index (κ3) is 3.34. The molecule has 0 bridgehead atoms. The number of ether oxygens (including phenoxy) is 1. The molecule has 0 atom stereocenters. The van der Waals surface area contributed by atoms with Crippen LogP contribution in [0.4, 0.5) is 4.39 Å². The molecule has 1 aliphatic carbocycles. The first-order chi connectivity index (χ1) is 11.3. The standard InChI is InChI=1S/C18H20FN3O/c19-14-5-1-12(2-6-14)11-23-18-15-7-9-20-10-8-16(15)21-17(22-18)13-3-4-13/h1-2,5-6,13,20H,3-4,7-11H2. The molecule has 1 fully saturated rings. The molecule has 1 saturated carbocycles. The van der Waals surface area contributed by atoms with Gasteiger partial charge in [-0.2, -0.15) is 4.98 Å². The van der Waals surface area contributed by atoms with Gasteiger partial charge in [-0.3, -0.25) is 0 Å². The first-order valence-electron chi connectivity index (χ1n) is 8.27. The predicted molar refractivity (Wildman–Crippen MR) is 85.0 cm³/mol. The number of halogens is 1. The van der Waals surface area contributed by atoms with Gasteiger partial charge in [0, 0.05) is 24.4 Å². The van der Waals surface area contributed by atoms with Crippen LogP contribution >= 0.6 is 0 Å². The van der Waals surface area contributed by atoms with E-state index in [0.29, 0.717) is 18.4 Å². The zero-order valence-corrected chi connectivity index (χ0v) is 13.0. The van der Waals surface area contributed by atoms with E-state index < -0.39 is 0 Å². The second-order valence-electron chi connectivity index (χ2n) is 6.25. The molecule has 0 spiro atoms. The molecule has 1 aromatic heterocycles. The summed E-state index contributed by atoms with van der Waals surface area (Å²) in [5.74, 6) is 1.92. The number of nitrogens with one attached hydrogen (secondary N) is 1. The van der Waals surface area contributed by atoms with E-state index in [0.717, 1.165) is 48.6 Å². The van der Waals surface area contributed by atoms with Crippen molar-refractivity contribution in [3.8, 4) is 5.88 Å². The maximum absolute atomic E-state index is 13.0. The van der Waals surface area contributed by atoms with Crippen molar-refractivity contribution in [3.05, 3.63) is 52.7 Å². The molecule has 2 aliphatic rings. The molecular formula is C18H20FN3O. The molecule has 1 aliphatic heterocycles. The van der Waals surface area contributed by atoms with Crippen LogP contribution in [0.2, 0.25) is 0 Å². The molecule has 0 unspecified atom stereocenters. The van der Waals surface area contributed by atoms with Gasteiger partial charge in [-0.15, -0.1) is 0 Å². The van der Waals surface area contributed by atoms with Crippen LogP contribution in [0.1, 0.15) is 41.4 Å². The fourth-order valence-electron chi connectivity index (χ4n) is 2.90. The lowest BCUT2D eigenvalue weighted by molar-refractivity contribution is 0.288. The normalized spacial score (nSPS) is 17.4. The van der Waals surface area contributed by atoms with Crippen molar-refractivity contribution in [2.45, 2.75) is 38.2 Å². The molecule has 0 amide bonds. The zero-order valence-electron chi connectivity index (χ0n) is 13.0. The summed E-state index contributed by atoms with van der Waals surface area (Å²) in [7, 11) is 0. The van der Waals surface area contributed by atoms with Gasteiger partial charge >= 0.3 is 0 Å². The first kappa shape index (κ1) is 14.6. The molecule has 4 rings (SSSR count). The molecule has 0 radical (unpaired) electrons. The minimum atomic E-state index is -0.230. The molecule has 2 heterocycles. The first-order valence-corrected chi connectivity index (χ1v) is 8.27. The summed E-state index contributed by atoms with van der Waals surface area (Å²) < 4.78 is 19.0. The van der Waals surface area contributed by atoms with Gasteiger partial charge < -0.3 is 10.1 Å². The molecule has 0 saturated heterocycles. The molecular weight excluding hydrogens is 293 g/mol. The smallest absolute Gasteiger partial charge is 0.220 e. The maximum Gasteiger partial charge on any atom is 0.220 e. The second kappa shape index (κ2) is 6.24. The van der Waals surface area contributed by atoms with E-state index in [1.807, 2.05) is 0 Å². The molecule has 2 aromatic rings. The minimum absolute atomic E-state index is 0.230. The van der Waals surface area contributed by atoms with Crippen LogP contribution in [0.15, 0.2) is 24.3 Å². The fourth-order valence-corrected chi connectivity index (χ4v) is 2.90. The largest absolute Gasteiger partial charge is 0.473 e. The van der Waals surface area contributed by atoms with Crippen LogP contribution in [-0.2, 0) is 19.4 Å². The predicted octanol–water partition coefficient (Wildman–Crippen LogP) is 2.76. The Morgan fingerprint density at radius 3 is 2.65 bits per heavy atom. The average molecular weight is 313 g/mol. The summed E-state index contributed by atoms with van der Waals surface area (Å²) in [6, 6.07) is 6.41. The Kier molecular flexibility index (Phi) is 3.95. The Morgan fingerprint density at radius 1 is 1.09 bits per heavy atom. The lowest BCUT2D eigenvalue weighted by atomic mass is 10.1.